The lowest BCUT2D eigenvalue weighted by Gasteiger charge is -2.07. The van der Waals surface area contributed by atoms with Gasteiger partial charge in [0.1, 0.15) is 0 Å². The Bertz CT molecular complexity index is 698. The van der Waals surface area contributed by atoms with E-state index in [1.807, 2.05) is 0 Å². The van der Waals surface area contributed by atoms with Gasteiger partial charge in [0, 0.05) is 25.7 Å². The van der Waals surface area contributed by atoms with Gasteiger partial charge in [-0.3, -0.25) is 19.2 Å². The van der Waals surface area contributed by atoms with Gasteiger partial charge in [-0.05, 0) is 56.8 Å². The first-order chi connectivity index (χ1) is 22.6. The average Bonchev–Trinajstić information content (AvgIpc) is 3.01. The molecule has 0 aliphatic heterocycles. The highest BCUT2D eigenvalue weighted by atomic mass is 16.5. The monoisotopic (exact) mass is 671 g/mol. The van der Waals surface area contributed by atoms with Crippen LogP contribution < -0.4 is 0 Å². The smallest absolute Gasteiger partial charge is 0.305 e. The van der Waals surface area contributed by atoms with Crippen LogP contribution in [0.3, 0.4) is 0 Å². The van der Waals surface area contributed by atoms with Crippen LogP contribution in [0.5, 0.6) is 0 Å². The molecule has 0 saturated heterocycles. The molecule has 0 saturated carbocycles. The van der Waals surface area contributed by atoms with Crippen molar-refractivity contribution in [2.75, 3.05) is 19.8 Å². The highest BCUT2D eigenvalue weighted by molar-refractivity contribution is 5.70. The van der Waals surface area contributed by atoms with E-state index in [1.54, 1.807) is 0 Å². The van der Waals surface area contributed by atoms with Gasteiger partial charge in [0.15, 0.2) is 0 Å². The van der Waals surface area contributed by atoms with E-state index in [2.05, 4.69) is 34.6 Å². The molecule has 0 aromatic heterocycles. The molecule has 47 heavy (non-hydrogen) atoms. The maximum Gasteiger partial charge on any atom is 0.305 e. The van der Waals surface area contributed by atoms with Crippen molar-refractivity contribution in [3.8, 4) is 0 Å². The van der Waals surface area contributed by atoms with E-state index in [4.69, 9.17) is 19.3 Å². The lowest BCUT2D eigenvalue weighted by molar-refractivity contribution is -0.146. The molecule has 0 radical (unpaired) electrons. The second kappa shape index (κ2) is 36.7. The van der Waals surface area contributed by atoms with Gasteiger partial charge in [0.25, 0.3) is 0 Å². The highest BCUT2D eigenvalue weighted by Gasteiger charge is 2.07. The lowest BCUT2D eigenvalue weighted by atomic mass is 10.0. The van der Waals surface area contributed by atoms with Crippen molar-refractivity contribution in [1.29, 1.82) is 0 Å². The topological polar surface area (TPSA) is 116 Å². The fraction of sp³-hybridized carbons (Fsp3) is 0.897. The van der Waals surface area contributed by atoms with Gasteiger partial charge in [0.05, 0.1) is 19.8 Å². The Labute approximate surface area is 288 Å². The van der Waals surface area contributed by atoms with Crippen molar-refractivity contribution in [2.45, 2.75) is 195 Å². The molecule has 278 valence electrons. The van der Waals surface area contributed by atoms with Crippen LogP contribution in [-0.4, -0.2) is 48.8 Å². The largest absolute Gasteiger partial charge is 0.481 e. The zero-order chi connectivity index (χ0) is 35.4. The Kier molecular flexibility index (Phi) is 36.7. The number of carbonyl (C=O) groups excluding carboxylic acids is 3. The quantitative estimate of drug-likeness (QED) is 0.0427. The molecular weight excluding hydrogens is 596 g/mol. The van der Waals surface area contributed by atoms with Crippen molar-refractivity contribution in [1.82, 2.24) is 0 Å². The van der Waals surface area contributed by atoms with Gasteiger partial charge in [-0.1, -0.05) is 125 Å². The SMILES string of the molecule is CC(C)CCCCCCOC(=O)CCCCC(=O)OCCCCCCC(C)C.CCCCCCCCCOC(=O)CCCCC(=O)O. The molecule has 0 fully saturated rings. The summed E-state index contributed by atoms with van der Waals surface area (Å²) in [4.78, 5) is 44.9. The minimum absolute atomic E-state index is 0.130. The Morgan fingerprint density at radius 2 is 0.723 bits per heavy atom. The third kappa shape index (κ3) is 43.9. The zero-order valence-electron chi connectivity index (χ0n) is 31.3. The Morgan fingerprint density at radius 3 is 1.04 bits per heavy atom. The van der Waals surface area contributed by atoms with Crippen LogP contribution in [0.15, 0.2) is 0 Å². The van der Waals surface area contributed by atoms with Crippen LogP contribution in [0.2, 0.25) is 0 Å². The number of esters is 3. The minimum Gasteiger partial charge on any atom is -0.481 e. The van der Waals surface area contributed by atoms with Crippen molar-refractivity contribution in [3.05, 3.63) is 0 Å². The Hall–Kier alpha value is -2.12. The molecule has 0 amide bonds. The van der Waals surface area contributed by atoms with Crippen LogP contribution in [0.1, 0.15) is 195 Å². The summed E-state index contributed by atoms with van der Waals surface area (Å²) in [5.74, 6) is 0.256. The average molecular weight is 671 g/mol. The van der Waals surface area contributed by atoms with Crippen molar-refractivity contribution in [3.63, 3.8) is 0 Å². The van der Waals surface area contributed by atoms with Crippen LogP contribution >= 0.6 is 0 Å². The number of unbranched alkanes of at least 4 members (excludes halogenated alkanes) is 14. The van der Waals surface area contributed by atoms with Crippen molar-refractivity contribution in [2.24, 2.45) is 11.8 Å². The fourth-order valence-corrected chi connectivity index (χ4v) is 4.93. The predicted molar refractivity (Wildman–Crippen MR) is 191 cm³/mol. The summed E-state index contributed by atoms with van der Waals surface area (Å²) in [5.41, 5.74) is 0. The summed E-state index contributed by atoms with van der Waals surface area (Å²) in [7, 11) is 0. The van der Waals surface area contributed by atoms with Gasteiger partial charge in [-0.2, -0.15) is 0 Å². The Balaban J connectivity index is 0. The maximum atomic E-state index is 11.7. The second-order valence-corrected chi connectivity index (χ2v) is 13.8. The van der Waals surface area contributed by atoms with Gasteiger partial charge in [-0.25, -0.2) is 0 Å². The number of ether oxygens (including phenoxy) is 3. The van der Waals surface area contributed by atoms with Crippen LogP contribution in [0.4, 0.5) is 0 Å². The van der Waals surface area contributed by atoms with E-state index in [0.29, 0.717) is 64.8 Å². The molecule has 1 N–H and O–H groups in total. The summed E-state index contributed by atoms with van der Waals surface area (Å²) in [6, 6.07) is 0. The number of hydrogen-bond acceptors (Lipinski definition) is 7. The first-order valence-corrected chi connectivity index (χ1v) is 19.3. The predicted octanol–water partition coefficient (Wildman–Crippen LogP) is 10.8. The number of carboxylic acids is 1. The molecule has 0 aliphatic rings. The molecule has 0 aromatic carbocycles. The van der Waals surface area contributed by atoms with E-state index in [1.165, 1.54) is 70.6 Å². The number of hydrogen-bond donors (Lipinski definition) is 1. The molecule has 0 bridgehead atoms. The molecule has 0 rings (SSSR count). The molecular formula is C39H74O8. The molecule has 0 aromatic rings. The van der Waals surface area contributed by atoms with Crippen LogP contribution in [0, 0.1) is 11.8 Å². The minimum atomic E-state index is -0.809. The molecule has 8 nitrogen and oxygen atoms in total. The summed E-state index contributed by atoms with van der Waals surface area (Å²) < 4.78 is 15.6. The third-order valence-corrected chi connectivity index (χ3v) is 7.92. The van der Waals surface area contributed by atoms with Crippen LogP contribution in [-0.2, 0) is 33.4 Å². The van der Waals surface area contributed by atoms with Crippen LogP contribution in [0.25, 0.3) is 0 Å². The van der Waals surface area contributed by atoms with E-state index in [0.717, 1.165) is 50.4 Å². The van der Waals surface area contributed by atoms with E-state index in [-0.39, 0.29) is 24.3 Å². The molecule has 0 spiro atoms. The van der Waals surface area contributed by atoms with E-state index >= 15 is 0 Å². The first-order valence-electron chi connectivity index (χ1n) is 19.3. The van der Waals surface area contributed by atoms with E-state index in [9.17, 15) is 19.2 Å². The second-order valence-electron chi connectivity index (χ2n) is 13.8. The van der Waals surface area contributed by atoms with Gasteiger partial charge in [-0.15, -0.1) is 0 Å². The van der Waals surface area contributed by atoms with Gasteiger partial charge >= 0.3 is 23.9 Å². The lowest BCUT2D eigenvalue weighted by Crippen LogP contribution is -2.08. The third-order valence-electron chi connectivity index (χ3n) is 7.92. The standard InChI is InChI=1S/C24H46O4.C15H28O4/c1-21(2)15-9-5-7-13-19-27-23(25)17-11-12-18-24(26)28-20-14-8-6-10-16-22(3)4;1-2-3-4-5-6-7-10-13-19-15(18)12-9-8-11-14(16)17/h21-22H,5-20H2,1-4H3;2-13H2,1H3,(H,16,17). The number of carbonyl (C=O) groups is 4. The molecule has 0 atom stereocenters. The number of rotatable bonds is 32. The molecule has 0 aliphatic carbocycles. The normalized spacial score (nSPS) is 10.9. The number of aliphatic carboxylic acids is 1. The first kappa shape index (κ1) is 47.0. The highest BCUT2D eigenvalue weighted by Crippen LogP contribution is 2.12. The maximum absolute atomic E-state index is 11.7. The van der Waals surface area contributed by atoms with Crippen molar-refractivity contribution < 1.29 is 38.5 Å². The molecule has 8 heteroatoms. The van der Waals surface area contributed by atoms with Gasteiger partial charge < -0.3 is 19.3 Å². The molecule has 0 unspecified atom stereocenters. The summed E-state index contributed by atoms with van der Waals surface area (Å²) in [6.07, 6.45) is 23.9. The summed E-state index contributed by atoms with van der Waals surface area (Å²) >= 11 is 0. The zero-order valence-corrected chi connectivity index (χ0v) is 31.3. The van der Waals surface area contributed by atoms with Gasteiger partial charge in [0.2, 0.25) is 0 Å². The van der Waals surface area contributed by atoms with Crippen molar-refractivity contribution >= 4 is 23.9 Å². The summed E-state index contributed by atoms with van der Waals surface area (Å²) in [6.45, 7) is 12.8. The molecule has 0 heterocycles. The van der Waals surface area contributed by atoms with E-state index < -0.39 is 5.97 Å². The number of carboxylic acid groups (broad SMARTS) is 1. The Morgan fingerprint density at radius 1 is 0.426 bits per heavy atom. The fourth-order valence-electron chi connectivity index (χ4n) is 4.93. The summed E-state index contributed by atoms with van der Waals surface area (Å²) in [5, 5.41) is 8.44.